The molecule has 0 radical (unpaired) electrons. The van der Waals surface area contributed by atoms with E-state index in [1.165, 1.54) is 17.0 Å². The van der Waals surface area contributed by atoms with Crippen LogP contribution in [-0.4, -0.2) is 43.8 Å². The van der Waals surface area contributed by atoms with Crippen molar-refractivity contribution in [3.63, 3.8) is 0 Å². The Balaban J connectivity index is 2.06. The molecule has 7 nitrogen and oxygen atoms in total. The average Bonchev–Trinajstić information content (AvgIpc) is 2.92. The standard InChI is InChI=1S/C30H36BrN3O4S/c1-5-23(4)32-30(36)28(6-2)33(20-24-14-11-10-13-22(24)3)29(35)21-34(26-16-12-15-25(31)19-26)39(37,38)27-17-8-7-9-18-27/h7-19,23,28H,5-6,20-21H2,1-4H3,(H,32,36). The molecule has 0 spiro atoms. The Morgan fingerprint density at radius 2 is 1.59 bits per heavy atom. The van der Waals surface area contributed by atoms with E-state index in [9.17, 15) is 18.0 Å². The lowest BCUT2D eigenvalue weighted by molar-refractivity contribution is -0.140. The van der Waals surface area contributed by atoms with Crippen LogP contribution in [0.25, 0.3) is 0 Å². The van der Waals surface area contributed by atoms with Gasteiger partial charge in [-0.25, -0.2) is 8.42 Å². The minimum Gasteiger partial charge on any atom is -0.352 e. The van der Waals surface area contributed by atoms with Crippen LogP contribution in [0.1, 0.15) is 44.7 Å². The summed E-state index contributed by atoms with van der Waals surface area (Å²) in [5, 5.41) is 2.99. The van der Waals surface area contributed by atoms with Gasteiger partial charge in [0.15, 0.2) is 0 Å². The third-order valence-corrected chi connectivity index (χ3v) is 8.98. The van der Waals surface area contributed by atoms with Crippen LogP contribution in [0.15, 0.2) is 88.2 Å². The monoisotopic (exact) mass is 613 g/mol. The fourth-order valence-corrected chi connectivity index (χ4v) is 6.03. The van der Waals surface area contributed by atoms with E-state index in [4.69, 9.17) is 0 Å². The molecule has 1 N–H and O–H groups in total. The average molecular weight is 615 g/mol. The van der Waals surface area contributed by atoms with Crippen molar-refractivity contribution in [2.75, 3.05) is 10.8 Å². The first-order valence-corrected chi connectivity index (χ1v) is 15.3. The minimum absolute atomic E-state index is 0.0569. The quantitative estimate of drug-likeness (QED) is 0.285. The number of amides is 2. The van der Waals surface area contributed by atoms with E-state index in [2.05, 4.69) is 21.2 Å². The Morgan fingerprint density at radius 3 is 2.21 bits per heavy atom. The Morgan fingerprint density at radius 1 is 0.923 bits per heavy atom. The third-order valence-electron chi connectivity index (χ3n) is 6.70. The van der Waals surface area contributed by atoms with E-state index < -0.39 is 28.5 Å². The number of anilines is 1. The van der Waals surface area contributed by atoms with Crippen LogP contribution in [-0.2, 0) is 26.2 Å². The van der Waals surface area contributed by atoms with E-state index in [0.717, 1.165) is 21.9 Å². The third kappa shape index (κ3) is 7.70. The second kappa shape index (κ2) is 13.8. The molecule has 0 aliphatic carbocycles. The molecule has 3 rings (SSSR count). The number of sulfonamides is 1. The van der Waals surface area contributed by atoms with Crippen molar-refractivity contribution in [1.82, 2.24) is 10.2 Å². The summed E-state index contributed by atoms with van der Waals surface area (Å²) in [7, 11) is -4.09. The molecule has 0 saturated heterocycles. The number of nitrogens with one attached hydrogen (secondary N) is 1. The van der Waals surface area contributed by atoms with Gasteiger partial charge in [0.25, 0.3) is 10.0 Å². The summed E-state index contributed by atoms with van der Waals surface area (Å²) in [5.41, 5.74) is 2.21. The lowest BCUT2D eigenvalue weighted by atomic mass is 10.1. The zero-order valence-electron chi connectivity index (χ0n) is 22.8. The molecule has 0 saturated carbocycles. The molecule has 0 aliphatic rings. The van der Waals surface area contributed by atoms with Crippen molar-refractivity contribution in [3.05, 3.63) is 94.5 Å². The summed E-state index contributed by atoms with van der Waals surface area (Å²) in [6.07, 6.45) is 1.13. The molecule has 0 bridgehead atoms. The molecule has 9 heteroatoms. The molecule has 208 valence electrons. The highest BCUT2D eigenvalue weighted by Crippen LogP contribution is 2.27. The van der Waals surface area contributed by atoms with E-state index >= 15 is 0 Å². The number of hydrogen-bond donors (Lipinski definition) is 1. The number of benzene rings is 3. The lowest BCUT2D eigenvalue weighted by Gasteiger charge is -2.34. The molecule has 3 aromatic rings. The number of aryl methyl sites for hydroxylation is 1. The lowest BCUT2D eigenvalue weighted by Crippen LogP contribution is -2.53. The number of hydrogen-bond acceptors (Lipinski definition) is 4. The molecule has 2 unspecified atom stereocenters. The zero-order valence-corrected chi connectivity index (χ0v) is 25.2. The maximum atomic E-state index is 14.1. The maximum absolute atomic E-state index is 14.1. The van der Waals surface area contributed by atoms with Crippen molar-refractivity contribution in [1.29, 1.82) is 0 Å². The first-order chi connectivity index (χ1) is 18.6. The molecule has 3 aromatic carbocycles. The molecule has 2 atom stereocenters. The summed E-state index contributed by atoms with van der Waals surface area (Å²) >= 11 is 3.41. The first kappa shape index (κ1) is 30.4. The summed E-state index contributed by atoms with van der Waals surface area (Å²) in [6, 6.07) is 21.7. The van der Waals surface area contributed by atoms with Gasteiger partial charge in [-0.05, 0) is 68.1 Å². The predicted molar refractivity (Wildman–Crippen MR) is 159 cm³/mol. The SMILES string of the molecule is CCC(C)NC(=O)C(CC)N(Cc1ccccc1C)C(=O)CN(c1cccc(Br)c1)S(=O)(=O)c1ccccc1. The summed E-state index contributed by atoms with van der Waals surface area (Å²) in [5.74, 6) is -0.724. The fourth-order valence-electron chi connectivity index (χ4n) is 4.21. The molecule has 2 amide bonds. The van der Waals surface area contributed by atoms with Crippen molar-refractivity contribution < 1.29 is 18.0 Å². The van der Waals surface area contributed by atoms with Crippen LogP contribution in [0.3, 0.4) is 0 Å². The van der Waals surface area contributed by atoms with Gasteiger partial charge in [0, 0.05) is 17.1 Å². The number of halogens is 1. The Hall–Kier alpha value is -3.17. The Kier molecular flexibility index (Phi) is 10.7. The van der Waals surface area contributed by atoms with E-state index in [1.54, 1.807) is 42.5 Å². The van der Waals surface area contributed by atoms with Crippen molar-refractivity contribution in [3.8, 4) is 0 Å². The topological polar surface area (TPSA) is 86.8 Å². The Labute approximate surface area is 240 Å². The van der Waals surface area contributed by atoms with Gasteiger partial charge < -0.3 is 10.2 Å². The van der Waals surface area contributed by atoms with E-state index in [-0.39, 0.29) is 23.4 Å². The minimum atomic E-state index is -4.09. The summed E-state index contributed by atoms with van der Waals surface area (Å²) in [6.45, 7) is 7.41. The van der Waals surface area contributed by atoms with Gasteiger partial charge in [-0.15, -0.1) is 0 Å². The van der Waals surface area contributed by atoms with E-state index in [1.807, 2.05) is 52.0 Å². The molecule has 0 heterocycles. The number of nitrogens with zero attached hydrogens (tertiary/aromatic N) is 2. The van der Waals surface area contributed by atoms with Crippen LogP contribution >= 0.6 is 15.9 Å². The van der Waals surface area contributed by atoms with Crippen molar-refractivity contribution in [2.24, 2.45) is 0 Å². The van der Waals surface area contributed by atoms with Crippen LogP contribution in [0.2, 0.25) is 0 Å². The summed E-state index contributed by atoms with van der Waals surface area (Å²) in [4.78, 5) is 29.0. The van der Waals surface area contributed by atoms with Gasteiger partial charge in [0.1, 0.15) is 12.6 Å². The van der Waals surface area contributed by atoms with Crippen molar-refractivity contribution >= 4 is 43.5 Å². The number of carbonyl (C=O) groups is 2. The molecule has 0 fully saturated rings. The molecule has 0 aromatic heterocycles. The Bertz CT molecular complexity index is 1380. The number of rotatable bonds is 12. The molecule has 39 heavy (non-hydrogen) atoms. The van der Waals surface area contributed by atoms with Crippen LogP contribution in [0, 0.1) is 6.92 Å². The van der Waals surface area contributed by atoms with Gasteiger partial charge in [-0.2, -0.15) is 0 Å². The van der Waals surface area contributed by atoms with Crippen LogP contribution < -0.4 is 9.62 Å². The summed E-state index contributed by atoms with van der Waals surface area (Å²) < 4.78 is 29.5. The van der Waals surface area contributed by atoms with E-state index in [0.29, 0.717) is 16.6 Å². The molecular weight excluding hydrogens is 578 g/mol. The normalized spacial score (nSPS) is 12.8. The predicted octanol–water partition coefficient (Wildman–Crippen LogP) is 5.67. The van der Waals surface area contributed by atoms with Gasteiger partial charge in [0.2, 0.25) is 11.8 Å². The molecular formula is C30H36BrN3O4S. The van der Waals surface area contributed by atoms with Gasteiger partial charge in [-0.3, -0.25) is 13.9 Å². The largest absolute Gasteiger partial charge is 0.352 e. The second-order valence-corrected chi connectivity index (χ2v) is 12.3. The molecule has 0 aliphatic heterocycles. The zero-order chi connectivity index (χ0) is 28.6. The number of carbonyl (C=O) groups excluding carboxylic acids is 2. The highest BCUT2D eigenvalue weighted by Gasteiger charge is 2.34. The maximum Gasteiger partial charge on any atom is 0.264 e. The highest BCUT2D eigenvalue weighted by atomic mass is 79.9. The smallest absolute Gasteiger partial charge is 0.264 e. The second-order valence-electron chi connectivity index (χ2n) is 9.49. The van der Waals surface area contributed by atoms with Crippen LogP contribution in [0.4, 0.5) is 5.69 Å². The van der Waals surface area contributed by atoms with Crippen molar-refractivity contribution in [2.45, 2.75) is 64.1 Å². The van der Waals surface area contributed by atoms with Gasteiger partial charge in [0.05, 0.1) is 10.6 Å². The van der Waals surface area contributed by atoms with Crippen LogP contribution in [0.5, 0.6) is 0 Å². The van der Waals surface area contributed by atoms with Gasteiger partial charge in [-0.1, -0.05) is 78.3 Å². The fraction of sp³-hybridized carbons (Fsp3) is 0.333. The first-order valence-electron chi connectivity index (χ1n) is 13.1. The van der Waals surface area contributed by atoms with Gasteiger partial charge >= 0.3 is 0 Å². The highest BCUT2D eigenvalue weighted by molar-refractivity contribution is 9.10.